The molecule has 11 heteroatoms. The molecule has 0 aliphatic heterocycles. The van der Waals surface area contributed by atoms with E-state index in [2.05, 4.69) is 20.8 Å². The summed E-state index contributed by atoms with van der Waals surface area (Å²) in [7, 11) is 1.76. The third-order valence-corrected chi connectivity index (χ3v) is 6.41. The van der Waals surface area contributed by atoms with E-state index in [0.717, 1.165) is 5.56 Å². The van der Waals surface area contributed by atoms with E-state index in [1.165, 1.54) is 17.8 Å². The fourth-order valence-corrected chi connectivity index (χ4v) is 3.82. The van der Waals surface area contributed by atoms with Gasteiger partial charge in [0.25, 0.3) is 0 Å². The van der Waals surface area contributed by atoms with Crippen molar-refractivity contribution in [2.24, 2.45) is 7.05 Å². The zero-order chi connectivity index (χ0) is 23.1. The third kappa shape index (κ3) is 6.49. The lowest BCUT2D eigenvalue weighted by atomic mass is 10.2. The quantitative estimate of drug-likeness (QED) is 0.334. The molecule has 3 aromatic rings. The molecule has 0 radical (unpaired) electrons. The lowest BCUT2D eigenvalue weighted by molar-refractivity contribution is -0.116. The van der Waals surface area contributed by atoms with Crippen LogP contribution in [0.25, 0.3) is 6.08 Å². The minimum atomic E-state index is -0.292. The summed E-state index contributed by atoms with van der Waals surface area (Å²) in [6.07, 6.45) is 3.04. The van der Waals surface area contributed by atoms with E-state index in [9.17, 15) is 9.59 Å². The normalized spacial score (nSPS) is 11.0. The SMILES string of the molecule is Cn1c(CNC(=O)/C=C/c2ccccc2Cl)nnc1SCC(=O)Nc1cccc(Cl)c1Cl. The number of benzene rings is 2. The topological polar surface area (TPSA) is 88.9 Å². The number of rotatable bonds is 8. The van der Waals surface area contributed by atoms with Gasteiger partial charge in [-0.25, -0.2) is 0 Å². The molecule has 166 valence electrons. The van der Waals surface area contributed by atoms with Crippen molar-refractivity contribution < 1.29 is 9.59 Å². The maximum absolute atomic E-state index is 12.2. The van der Waals surface area contributed by atoms with E-state index in [-0.39, 0.29) is 29.1 Å². The summed E-state index contributed by atoms with van der Waals surface area (Å²) < 4.78 is 1.71. The third-order valence-electron chi connectivity index (χ3n) is 4.22. The lowest BCUT2D eigenvalue weighted by Crippen LogP contribution is -2.22. The minimum Gasteiger partial charge on any atom is -0.345 e. The van der Waals surface area contributed by atoms with Gasteiger partial charge < -0.3 is 15.2 Å². The molecule has 0 saturated heterocycles. The molecule has 0 aliphatic rings. The molecule has 7 nitrogen and oxygen atoms in total. The molecule has 0 spiro atoms. The highest BCUT2D eigenvalue weighted by Gasteiger charge is 2.13. The van der Waals surface area contributed by atoms with E-state index < -0.39 is 0 Å². The summed E-state index contributed by atoms with van der Waals surface area (Å²) in [6.45, 7) is 0.181. The fraction of sp³-hybridized carbons (Fsp3) is 0.143. The van der Waals surface area contributed by atoms with Gasteiger partial charge in [0.1, 0.15) is 0 Å². The predicted molar refractivity (Wildman–Crippen MR) is 129 cm³/mol. The predicted octanol–water partition coefficient (Wildman–Crippen LogP) is 4.84. The van der Waals surface area contributed by atoms with Crippen LogP contribution in [0.15, 0.2) is 53.7 Å². The standard InChI is InChI=1S/C21H18Cl3N5O2S/c1-29-17(11-25-18(30)10-9-13-5-2-3-6-14(13)22)27-28-21(29)32-12-19(31)26-16-8-4-7-15(23)20(16)24/h2-10H,11-12H2,1H3,(H,25,30)(H,26,31)/b10-9+. The number of nitrogens with one attached hydrogen (secondary N) is 2. The maximum Gasteiger partial charge on any atom is 0.244 e. The molecule has 3 rings (SSSR count). The van der Waals surface area contributed by atoms with Crippen molar-refractivity contribution in [2.45, 2.75) is 11.7 Å². The van der Waals surface area contributed by atoms with Crippen LogP contribution in [0.5, 0.6) is 0 Å². The Morgan fingerprint density at radius 2 is 1.81 bits per heavy atom. The number of aromatic nitrogens is 3. The largest absolute Gasteiger partial charge is 0.345 e. The molecular weight excluding hydrogens is 493 g/mol. The zero-order valence-corrected chi connectivity index (χ0v) is 19.9. The lowest BCUT2D eigenvalue weighted by Gasteiger charge is -2.08. The van der Waals surface area contributed by atoms with Crippen LogP contribution in [0.4, 0.5) is 5.69 Å². The van der Waals surface area contributed by atoms with Gasteiger partial charge in [-0.05, 0) is 29.8 Å². The highest BCUT2D eigenvalue weighted by atomic mass is 35.5. The van der Waals surface area contributed by atoms with E-state index in [1.54, 1.807) is 42.0 Å². The van der Waals surface area contributed by atoms with Crippen LogP contribution in [0.3, 0.4) is 0 Å². The van der Waals surface area contributed by atoms with Gasteiger partial charge in [0.05, 0.1) is 28.0 Å². The summed E-state index contributed by atoms with van der Waals surface area (Å²) in [5.74, 6) is 0.0915. The van der Waals surface area contributed by atoms with Crippen LogP contribution in [0.2, 0.25) is 15.1 Å². The Kier molecular flexibility index (Phi) is 8.58. The van der Waals surface area contributed by atoms with Crippen molar-refractivity contribution in [1.82, 2.24) is 20.1 Å². The average Bonchev–Trinajstić information content (AvgIpc) is 3.13. The van der Waals surface area contributed by atoms with Crippen LogP contribution >= 0.6 is 46.6 Å². The van der Waals surface area contributed by atoms with Crippen molar-refractivity contribution in [3.05, 3.63) is 75.0 Å². The number of halogens is 3. The monoisotopic (exact) mass is 509 g/mol. The molecule has 2 amide bonds. The number of hydrogen-bond acceptors (Lipinski definition) is 5. The van der Waals surface area contributed by atoms with Gasteiger partial charge in [-0.15, -0.1) is 10.2 Å². The second-order valence-electron chi connectivity index (χ2n) is 6.47. The molecule has 0 unspecified atom stereocenters. The first-order valence-corrected chi connectivity index (χ1v) is 11.4. The number of hydrogen-bond donors (Lipinski definition) is 2. The second kappa shape index (κ2) is 11.4. The van der Waals surface area contributed by atoms with Gasteiger partial charge in [-0.1, -0.05) is 70.8 Å². The Hall–Kier alpha value is -2.52. The first kappa shape index (κ1) is 24.1. The van der Waals surface area contributed by atoms with Crippen LogP contribution in [0, 0.1) is 0 Å². The van der Waals surface area contributed by atoms with Crippen LogP contribution in [-0.4, -0.2) is 32.3 Å². The summed E-state index contributed by atoms with van der Waals surface area (Å²) in [5, 5.41) is 15.3. The highest BCUT2D eigenvalue weighted by Crippen LogP contribution is 2.29. The zero-order valence-electron chi connectivity index (χ0n) is 16.8. The van der Waals surface area contributed by atoms with Gasteiger partial charge in [0, 0.05) is 18.1 Å². The Balaban J connectivity index is 1.50. The Bertz CT molecular complexity index is 1170. The fourth-order valence-electron chi connectivity index (χ4n) is 2.54. The van der Waals surface area contributed by atoms with Gasteiger partial charge in [0.15, 0.2) is 11.0 Å². The smallest absolute Gasteiger partial charge is 0.244 e. The molecule has 1 aromatic heterocycles. The average molecular weight is 511 g/mol. The van der Waals surface area contributed by atoms with E-state index >= 15 is 0 Å². The molecule has 0 atom stereocenters. The molecule has 1 heterocycles. The van der Waals surface area contributed by atoms with Crippen LogP contribution < -0.4 is 10.6 Å². The van der Waals surface area contributed by atoms with Gasteiger partial charge in [0.2, 0.25) is 11.8 Å². The Morgan fingerprint density at radius 1 is 1.06 bits per heavy atom. The minimum absolute atomic E-state index is 0.0990. The summed E-state index contributed by atoms with van der Waals surface area (Å²) in [4.78, 5) is 24.3. The van der Waals surface area contributed by atoms with Crippen molar-refractivity contribution >= 4 is 70.1 Å². The molecule has 0 bridgehead atoms. The van der Waals surface area contributed by atoms with E-state index in [1.807, 2.05) is 18.2 Å². The van der Waals surface area contributed by atoms with E-state index in [0.29, 0.717) is 26.7 Å². The van der Waals surface area contributed by atoms with Crippen molar-refractivity contribution in [1.29, 1.82) is 0 Å². The van der Waals surface area contributed by atoms with Crippen LogP contribution in [0.1, 0.15) is 11.4 Å². The number of anilines is 1. The highest BCUT2D eigenvalue weighted by molar-refractivity contribution is 7.99. The van der Waals surface area contributed by atoms with Crippen molar-refractivity contribution in [2.75, 3.05) is 11.1 Å². The molecule has 2 aromatic carbocycles. The van der Waals surface area contributed by atoms with Crippen molar-refractivity contribution in [3.8, 4) is 0 Å². The molecule has 0 saturated carbocycles. The summed E-state index contributed by atoms with van der Waals surface area (Å²) in [6, 6.07) is 12.2. The first-order valence-electron chi connectivity index (χ1n) is 9.30. The number of carbonyl (C=O) groups is 2. The number of carbonyl (C=O) groups excluding carboxylic acids is 2. The van der Waals surface area contributed by atoms with Crippen LogP contribution in [-0.2, 0) is 23.2 Å². The Labute approximate surface area is 204 Å². The molecule has 32 heavy (non-hydrogen) atoms. The second-order valence-corrected chi connectivity index (χ2v) is 8.60. The van der Waals surface area contributed by atoms with Gasteiger partial charge in [-0.2, -0.15) is 0 Å². The molecule has 0 aliphatic carbocycles. The summed E-state index contributed by atoms with van der Waals surface area (Å²) >= 11 is 19.3. The molecule has 0 fully saturated rings. The van der Waals surface area contributed by atoms with Gasteiger partial charge >= 0.3 is 0 Å². The number of thioether (sulfide) groups is 1. The first-order chi connectivity index (χ1) is 15.3. The van der Waals surface area contributed by atoms with E-state index in [4.69, 9.17) is 34.8 Å². The van der Waals surface area contributed by atoms with Crippen molar-refractivity contribution in [3.63, 3.8) is 0 Å². The number of amides is 2. The van der Waals surface area contributed by atoms with Gasteiger partial charge in [-0.3, -0.25) is 9.59 Å². The maximum atomic E-state index is 12.2. The number of nitrogens with zero attached hydrogens (tertiary/aromatic N) is 3. The molecular formula is C21H18Cl3N5O2S. The summed E-state index contributed by atoms with van der Waals surface area (Å²) in [5.41, 5.74) is 1.19. The Morgan fingerprint density at radius 3 is 2.59 bits per heavy atom. The molecule has 2 N–H and O–H groups in total.